The molecule has 0 radical (unpaired) electrons. The summed E-state index contributed by atoms with van der Waals surface area (Å²) in [5.41, 5.74) is -3.48. The molecule has 6 rings (SSSR count). The largest absolute Gasteiger partial charge is 0.480 e. The fraction of sp³-hybridized carbons (Fsp3) is 0.467. The first-order valence-corrected chi connectivity index (χ1v) is 15.1. The van der Waals surface area contributed by atoms with Crippen molar-refractivity contribution >= 4 is 27.5 Å². The summed E-state index contributed by atoms with van der Waals surface area (Å²) in [7, 11) is 0. The van der Waals surface area contributed by atoms with Crippen LogP contribution in [-0.2, 0) is 26.4 Å². The van der Waals surface area contributed by atoms with Gasteiger partial charge in [-0.3, -0.25) is 9.36 Å². The fourth-order valence-electron chi connectivity index (χ4n) is 6.14. The van der Waals surface area contributed by atoms with Gasteiger partial charge in [0.05, 0.1) is 41.3 Å². The van der Waals surface area contributed by atoms with Crippen molar-refractivity contribution < 1.29 is 41.7 Å². The minimum Gasteiger partial charge on any atom is -0.480 e. The van der Waals surface area contributed by atoms with Crippen LogP contribution in [0.25, 0.3) is 21.0 Å². The molecule has 0 unspecified atom stereocenters. The molecule has 4 aromatic rings. The van der Waals surface area contributed by atoms with Crippen LogP contribution in [0.3, 0.4) is 0 Å². The molecule has 0 amide bonds. The monoisotopic (exact) mass is 649 g/mol. The average molecular weight is 650 g/mol. The van der Waals surface area contributed by atoms with Gasteiger partial charge < -0.3 is 23.7 Å². The van der Waals surface area contributed by atoms with Crippen LogP contribution in [0.5, 0.6) is 5.75 Å². The van der Waals surface area contributed by atoms with Gasteiger partial charge in [0.1, 0.15) is 34.3 Å². The van der Waals surface area contributed by atoms with Crippen molar-refractivity contribution in [1.82, 2.24) is 14.1 Å². The number of hydrogen-bond donors (Lipinski definition) is 1. The minimum absolute atomic E-state index is 0.0493. The van der Waals surface area contributed by atoms with E-state index < -0.39 is 53.9 Å². The van der Waals surface area contributed by atoms with Gasteiger partial charge in [-0.2, -0.15) is 8.78 Å². The van der Waals surface area contributed by atoms with Crippen LogP contribution in [0, 0.1) is 12.7 Å². The highest BCUT2D eigenvalue weighted by atomic mass is 32.1. The molecule has 1 N–H and O–H groups in total. The fourth-order valence-corrected chi connectivity index (χ4v) is 7.39. The molecule has 2 aliphatic rings. The number of oxazole rings is 1. The van der Waals surface area contributed by atoms with Crippen molar-refractivity contribution in [2.24, 2.45) is 0 Å². The first-order chi connectivity index (χ1) is 21.3. The Balaban J connectivity index is 1.57. The molecule has 240 valence electrons. The molecule has 4 atom stereocenters. The van der Waals surface area contributed by atoms with Gasteiger partial charge in [0, 0.05) is 5.56 Å². The summed E-state index contributed by atoms with van der Waals surface area (Å²) < 4.78 is 66.1. The number of hydrogen-bond acceptors (Lipinski definition) is 9. The molecule has 3 aromatic heterocycles. The van der Waals surface area contributed by atoms with Crippen LogP contribution in [0.15, 0.2) is 44.7 Å². The van der Waals surface area contributed by atoms with E-state index in [0.29, 0.717) is 27.8 Å². The lowest BCUT2D eigenvalue weighted by Gasteiger charge is -2.33. The number of aromatic nitrogens is 3. The summed E-state index contributed by atoms with van der Waals surface area (Å²) in [6.07, 6.45) is 3.64. The van der Waals surface area contributed by atoms with Gasteiger partial charge in [0.25, 0.3) is 5.56 Å². The van der Waals surface area contributed by atoms with Gasteiger partial charge in [0.2, 0.25) is 5.89 Å². The molecule has 0 saturated carbocycles. The number of aliphatic carboxylic acids is 1. The maximum atomic E-state index is 14.7. The summed E-state index contributed by atoms with van der Waals surface area (Å²) in [5.74, 6) is -2.35. The Morgan fingerprint density at radius 1 is 1.22 bits per heavy atom. The Morgan fingerprint density at radius 3 is 2.56 bits per heavy atom. The number of benzene rings is 1. The van der Waals surface area contributed by atoms with E-state index in [4.69, 9.17) is 18.6 Å². The number of aryl methyl sites for hydroxylation is 1. The number of carboxylic acid groups (broad SMARTS) is 1. The van der Waals surface area contributed by atoms with Crippen LogP contribution < -0.4 is 16.0 Å². The van der Waals surface area contributed by atoms with Crippen molar-refractivity contribution in [2.45, 2.75) is 89.6 Å². The van der Waals surface area contributed by atoms with Gasteiger partial charge in [-0.25, -0.2) is 23.5 Å². The highest BCUT2D eigenvalue weighted by Crippen LogP contribution is 2.40. The van der Waals surface area contributed by atoms with E-state index in [1.807, 2.05) is 0 Å². The molecule has 0 aliphatic carbocycles. The first kappa shape index (κ1) is 31.0. The van der Waals surface area contributed by atoms with Crippen molar-refractivity contribution in [2.75, 3.05) is 0 Å². The van der Waals surface area contributed by atoms with Crippen LogP contribution in [0.2, 0.25) is 0 Å². The zero-order chi connectivity index (χ0) is 32.2. The third kappa shape index (κ3) is 5.68. The van der Waals surface area contributed by atoms with Gasteiger partial charge in [-0.15, -0.1) is 11.3 Å². The van der Waals surface area contributed by atoms with Gasteiger partial charge in [-0.1, -0.05) is 0 Å². The van der Waals surface area contributed by atoms with Crippen molar-refractivity contribution in [3.63, 3.8) is 0 Å². The maximum Gasteiger partial charge on any atom is 0.387 e. The first-order valence-electron chi connectivity index (χ1n) is 14.3. The summed E-state index contributed by atoms with van der Waals surface area (Å²) in [6.45, 7) is 0.437. The predicted octanol–water partition coefficient (Wildman–Crippen LogP) is 5.22. The van der Waals surface area contributed by atoms with E-state index in [1.165, 1.54) is 30.9 Å². The van der Waals surface area contributed by atoms with Crippen LogP contribution in [0.1, 0.15) is 56.8 Å². The number of carbonyl (C=O) groups is 1. The van der Waals surface area contributed by atoms with Crippen LogP contribution in [-0.4, -0.2) is 50.1 Å². The third-order valence-corrected chi connectivity index (χ3v) is 9.71. The number of fused-ring (bicyclic) bond motifs is 3. The number of nitrogens with zero attached hydrogens (tertiary/aromatic N) is 3. The van der Waals surface area contributed by atoms with Crippen molar-refractivity contribution in [1.29, 1.82) is 0 Å². The Bertz CT molecular complexity index is 1850. The quantitative estimate of drug-likeness (QED) is 0.246. The molecular formula is C30H30F3N3O8S. The molecular weight excluding hydrogens is 619 g/mol. The average Bonchev–Trinajstić information content (AvgIpc) is 3.70. The van der Waals surface area contributed by atoms with Gasteiger partial charge in [-0.05, 0) is 70.2 Å². The lowest BCUT2D eigenvalue weighted by Crippen LogP contribution is -2.52. The molecule has 45 heavy (non-hydrogen) atoms. The number of ether oxygens (including phenoxy) is 3. The van der Waals surface area contributed by atoms with E-state index in [9.17, 15) is 32.7 Å². The van der Waals surface area contributed by atoms with Crippen molar-refractivity contribution in [3.05, 3.63) is 68.4 Å². The highest BCUT2D eigenvalue weighted by molar-refractivity contribution is 7.22. The van der Waals surface area contributed by atoms with E-state index in [0.717, 1.165) is 42.4 Å². The zero-order valence-electron chi connectivity index (χ0n) is 24.5. The second-order valence-corrected chi connectivity index (χ2v) is 12.7. The molecule has 15 heteroatoms. The minimum atomic E-state index is -3.23. The number of carboxylic acids is 1. The standard InChI is InChI=1S/C30H30F3N3O8S/c1-14-22-25(37)36(30(2,3)27(38)39)29(40)35(26(22)45-23(14)24-34-8-9-41-24)13-21(43-18-11-16-5-6-17(12-18)42-16)19-10-15(31)4-7-20(19)44-28(32)33/h4,7-10,16-18,21,28H,5-6,11-13H2,1-3H3,(H,38,39)/t16-,17+,18-,21-/m0/s1. The number of thiophene rings is 1. The summed E-state index contributed by atoms with van der Waals surface area (Å²) in [6, 6.07) is 3.04. The second-order valence-electron chi connectivity index (χ2n) is 11.7. The maximum absolute atomic E-state index is 14.7. The van der Waals surface area contributed by atoms with Gasteiger partial charge >= 0.3 is 18.3 Å². The van der Waals surface area contributed by atoms with Gasteiger partial charge in [0.15, 0.2) is 0 Å². The van der Waals surface area contributed by atoms with E-state index in [-0.39, 0.29) is 39.6 Å². The third-order valence-electron chi connectivity index (χ3n) is 8.41. The zero-order valence-corrected chi connectivity index (χ0v) is 25.3. The molecule has 11 nitrogen and oxygen atoms in total. The van der Waals surface area contributed by atoms with Crippen LogP contribution >= 0.6 is 11.3 Å². The van der Waals surface area contributed by atoms with E-state index in [2.05, 4.69) is 4.98 Å². The second kappa shape index (κ2) is 11.8. The molecule has 5 heterocycles. The molecule has 2 aliphatic heterocycles. The van der Waals surface area contributed by atoms with Crippen molar-refractivity contribution in [3.8, 4) is 16.5 Å². The summed E-state index contributed by atoms with van der Waals surface area (Å²) in [4.78, 5) is 45.1. The predicted molar refractivity (Wildman–Crippen MR) is 155 cm³/mol. The highest BCUT2D eigenvalue weighted by Gasteiger charge is 2.39. The Kier molecular flexibility index (Phi) is 8.12. The smallest absolute Gasteiger partial charge is 0.387 e. The molecule has 1 aromatic carbocycles. The molecule has 0 spiro atoms. The lowest BCUT2D eigenvalue weighted by atomic mass is 10.0. The number of rotatable bonds is 10. The molecule has 2 saturated heterocycles. The van der Waals surface area contributed by atoms with Crippen LogP contribution in [0.4, 0.5) is 13.2 Å². The Hall–Kier alpha value is -3.95. The normalized spacial score (nSPS) is 20.6. The van der Waals surface area contributed by atoms with E-state index in [1.54, 1.807) is 6.92 Å². The number of halogens is 3. The Labute approximate surface area is 257 Å². The summed E-state index contributed by atoms with van der Waals surface area (Å²) in [5, 5.41) is 10.1. The topological polar surface area (TPSA) is 135 Å². The molecule has 2 fully saturated rings. The lowest BCUT2D eigenvalue weighted by molar-refractivity contribution is -0.146. The van der Waals surface area contributed by atoms with E-state index >= 15 is 0 Å². The summed E-state index contributed by atoms with van der Waals surface area (Å²) >= 11 is 1.02. The Morgan fingerprint density at radius 2 is 1.93 bits per heavy atom. The number of alkyl halides is 2. The SMILES string of the molecule is Cc1c(-c2ncco2)sc2c1c(=O)n(C(C)(C)C(=O)O)c(=O)n2C[C@H](O[C@@H]1C[C@H]2CC[C@@H](C1)O2)c1cc(F)ccc1OC(F)F. The molecule has 2 bridgehead atoms.